The van der Waals surface area contributed by atoms with Crippen LogP contribution in [0.2, 0.25) is 0 Å². The number of ether oxygens (including phenoxy) is 1. The molecule has 0 aliphatic heterocycles. The number of methoxy groups -OCH3 is 1. The molecule has 0 fully saturated rings. The van der Waals surface area contributed by atoms with Gasteiger partial charge in [0.25, 0.3) is 0 Å². The van der Waals surface area contributed by atoms with Gasteiger partial charge in [-0.1, -0.05) is 29.8 Å². The lowest BCUT2D eigenvalue weighted by Crippen LogP contribution is -2.32. The van der Waals surface area contributed by atoms with Gasteiger partial charge < -0.3 is 10.1 Å². The van der Waals surface area contributed by atoms with E-state index in [1.54, 1.807) is 13.2 Å². The third kappa shape index (κ3) is 5.56. The van der Waals surface area contributed by atoms with Crippen LogP contribution in [0.15, 0.2) is 54.6 Å². The molecular formula is C18H18N2O2S. The molecule has 0 aliphatic carbocycles. The van der Waals surface area contributed by atoms with Gasteiger partial charge in [-0.15, -0.1) is 0 Å². The molecule has 2 N–H and O–H groups in total. The molecule has 2 aromatic rings. The highest BCUT2D eigenvalue weighted by atomic mass is 32.1. The van der Waals surface area contributed by atoms with Gasteiger partial charge in [0.1, 0.15) is 5.75 Å². The predicted octanol–water partition coefficient (Wildman–Crippen LogP) is 3.53. The number of carbonyl (C=O) groups is 1. The largest absolute Gasteiger partial charge is 0.497 e. The van der Waals surface area contributed by atoms with E-state index in [1.807, 2.05) is 55.5 Å². The number of anilines is 1. The van der Waals surface area contributed by atoms with Crippen molar-refractivity contribution in [3.05, 3.63) is 65.7 Å². The maximum atomic E-state index is 11.8. The first-order chi connectivity index (χ1) is 11.1. The Balaban J connectivity index is 1.86. The van der Waals surface area contributed by atoms with Crippen LogP contribution in [-0.2, 0) is 4.79 Å². The van der Waals surface area contributed by atoms with Crippen LogP contribution in [0.25, 0.3) is 6.08 Å². The second kappa shape index (κ2) is 8.10. The molecule has 0 spiro atoms. The van der Waals surface area contributed by atoms with Crippen molar-refractivity contribution in [2.45, 2.75) is 6.92 Å². The average Bonchev–Trinajstić information content (AvgIpc) is 2.55. The summed E-state index contributed by atoms with van der Waals surface area (Å²) in [4.78, 5) is 11.8. The number of carbonyl (C=O) groups excluding carboxylic acids is 1. The first-order valence-electron chi connectivity index (χ1n) is 7.07. The molecule has 0 heterocycles. The van der Waals surface area contributed by atoms with Gasteiger partial charge >= 0.3 is 0 Å². The maximum Gasteiger partial charge on any atom is 0.250 e. The van der Waals surface area contributed by atoms with Crippen LogP contribution in [0.3, 0.4) is 0 Å². The number of amides is 1. The Labute approximate surface area is 141 Å². The third-order valence-corrected chi connectivity index (χ3v) is 3.29. The standard InChI is InChI=1S/C18H18N2O2S/c1-13-3-8-15(9-4-13)19-18(23)20-17(21)12-7-14-5-10-16(22-2)11-6-14/h3-12H,1-2H3,(H2,19,20,21,23). The molecule has 118 valence electrons. The van der Waals surface area contributed by atoms with Gasteiger partial charge in [0, 0.05) is 11.8 Å². The van der Waals surface area contributed by atoms with E-state index in [0.29, 0.717) is 0 Å². The van der Waals surface area contributed by atoms with E-state index in [2.05, 4.69) is 10.6 Å². The van der Waals surface area contributed by atoms with E-state index in [-0.39, 0.29) is 11.0 Å². The van der Waals surface area contributed by atoms with Crippen LogP contribution in [0, 0.1) is 6.92 Å². The van der Waals surface area contributed by atoms with Crippen LogP contribution in [0.5, 0.6) is 5.75 Å². The number of hydrogen-bond acceptors (Lipinski definition) is 3. The van der Waals surface area contributed by atoms with Crippen molar-refractivity contribution in [2.24, 2.45) is 0 Å². The summed E-state index contributed by atoms with van der Waals surface area (Å²) < 4.78 is 5.08. The second-order valence-corrected chi connectivity index (χ2v) is 5.32. The number of hydrogen-bond donors (Lipinski definition) is 2. The van der Waals surface area contributed by atoms with Gasteiger partial charge in [-0.2, -0.15) is 0 Å². The third-order valence-electron chi connectivity index (χ3n) is 3.09. The summed E-state index contributed by atoms with van der Waals surface area (Å²) >= 11 is 5.12. The van der Waals surface area contributed by atoms with Gasteiger partial charge in [0.2, 0.25) is 5.91 Å². The number of benzene rings is 2. The molecule has 0 bridgehead atoms. The highest BCUT2D eigenvalue weighted by molar-refractivity contribution is 7.80. The lowest BCUT2D eigenvalue weighted by Gasteiger charge is -2.08. The Morgan fingerprint density at radius 2 is 1.74 bits per heavy atom. The van der Waals surface area contributed by atoms with Crippen LogP contribution >= 0.6 is 12.2 Å². The van der Waals surface area contributed by atoms with Gasteiger partial charge in [-0.25, -0.2) is 0 Å². The lowest BCUT2D eigenvalue weighted by atomic mass is 10.2. The summed E-state index contributed by atoms with van der Waals surface area (Å²) in [7, 11) is 1.61. The van der Waals surface area contributed by atoms with Crippen molar-refractivity contribution in [3.63, 3.8) is 0 Å². The Hall–Kier alpha value is -2.66. The topological polar surface area (TPSA) is 50.4 Å². The van der Waals surface area contributed by atoms with Crippen LogP contribution in [0.1, 0.15) is 11.1 Å². The summed E-state index contributed by atoms with van der Waals surface area (Å²) in [5.41, 5.74) is 2.89. The highest BCUT2D eigenvalue weighted by Gasteiger charge is 2.01. The summed E-state index contributed by atoms with van der Waals surface area (Å²) in [5, 5.41) is 5.83. The molecule has 2 aromatic carbocycles. The number of nitrogens with one attached hydrogen (secondary N) is 2. The van der Waals surface area contributed by atoms with Crippen molar-refractivity contribution in [2.75, 3.05) is 12.4 Å². The number of thiocarbonyl (C=S) groups is 1. The maximum absolute atomic E-state index is 11.8. The normalized spacial score (nSPS) is 10.3. The molecule has 4 nitrogen and oxygen atoms in total. The van der Waals surface area contributed by atoms with Gasteiger partial charge in [0.05, 0.1) is 7.11 Å². The van der Waals surface area contributed by atoms with Crippen molar-refractivity contribution in [3.8, 4) is 5.75 Å². The zero-order chi connectivity index (χ0) is 16.7. The van der Waals surface area contributed by atoms with Gasteiger partial charge in [-0.05, 0) is 55.0 Å². The summed E-state index contributed by atoms with van der Waals surface area (Å²) in [6.45, 7) is 2.01. The van der Waals surface area contributed by atoms with Crippen molar-refractivity contribution in [1.82, 2.24) is 5.32 Å². The lowest BCUT2D eigenvalue weighted by molar-refractivity contribution is -0.115. The average molecular weight is 326 g/mol. The first kappa shape index (κ1) is 16.7. The van der Waals surface area contributed by atoms with Crippen molar-refractivity contribution in [1.29, 1.82) is 0 Å². The van der Waals surface area contributed by atoms with Crippen molar-refractivity contribution < 1.29 is 9.53 Å². The summed E-state index contributed by atoms with van der Waals surface area (Å²) in [6.07, 6.45) is 3.15. The minimum absolute atomic E-state index is 0.262. The molecular weight excluding hydrogens is 308 g/mol. The van der Waals surface area contributed by atoms with Gasteiger partial charge in [0.15, 0.2) is 5.11 Å². The minimum atomic E-state index is -0.287. The highest BCUT2D eigenvalue weighted by Crippen LogP contribution is 2.12. The summed E-state index contributed by atoms with van der Waals surface area (Å²) in [6, 6.07) is 15.1. The summed E-state index contributed by atoms with van der Waals surface area (Å²) in [5.74, 6) is 0.487. The van der Waals surface area contributed by atoms with Crippen LogP contribution in [0.4, 0.5) is 5.69 Å². The van der Waals surface area contributed by atoms with Crippen LogP contribution in [-0.4, -0.2) is 18.1 Å². The molecule has 0 aliphatic rings. The van der Waals surface area contributed by atoms with E-state index < -0.39 is 0 Å². The number of aryl methyl sites for hydroxylation is 1. The monoisotopic (exact) mass is 326 g/mol. The molecule has 5 heteroatoms. The van der Waals surface area contributed by atoms with E-state index in [1.165, 1.54) is 6.08 Å². The molecule has 1 amide bonds. The Morgan fingerprint density at radius 1 is 1.09 bits per heavy atom. The number of rotatable bonds is 4. The predicted molar refractivity (Wildman–Crippen MR) is 97.6 cm³/mol. The first-order valence-corrected chi connectivity index (χ1v) is 7.48. The smallest absolute Gasteiger partial charge is 0.250 e. The van der Waals surface area contributed by atoms with E-state index in [0.717, 1.165) is 22.6 Å². The Morgan fingerprint density at radius 3 is 2.35 bits per heavy atom. The SMILES string of the molecule is COc1ccc(C=CC(=O)NC(=S)Nc2ccc(C)cc2)cc1. The quantitative estimate of drug-likeness (QED) is 0.667. The zero-order valence-corrected chi connectivity index (χ0v) is 13.8. The molecule has 0 unspecified atom stereocenters. The Kier molecular flexibility index (Phi) is 5.88. The molecule has 0 saturated heterocycles. The van der Waals surface area contributed by atoms with E-state index in [9.17, 15) is 4.79 Å². The van der Waals surface area contributed by atoms with Crippen LogP contribution < -0.4 is 15.4 Å². The Bertz CT molecular complexity index is 707. The fraction of sp³-hybridized carbons (Fsp3) is 0.111. The molecule has 0 atom stereocenters. The van der Waals surface area contributed by atoms with E-state index >= 15 is 0 Å². The zero-order valence-electron chi connectivity index (χ0n) is 13.0. The molecule has 23 heavy (non-hydrogen) atoms. The van der Waals surface area contributed by atoms with Crippen molar-refractivity contribution >= 4 is 35.0 Å². The minimum Gasteiger partial charge on any atom is -0.497 e. The fourth-order valence-electron chi connectivity index (χ4n) is 1.84. The molecule has 0 radical (unpaired) electrons. The van der Waals surface area contributed by atoms with E-state index in [4.69, 9.17) is 17.0 Å². The molecule has 0 aromatic heterocycles. The second-order valence-electron chi connectivity index (χ2n) is 4.92. The van der Waals surface area contributed by atoms with Gasteiger partial charge in [-0.3, -0.25) is 10.1 Å². The molecule has 2 rings (SSSR count). The fourth-order valence-corrected chi connectivity index (χ4v) is 2.06. The molecule has 0 saturated carbocycles.